The van der Waals surface area contributed by atoms with E-state index in [4.69, 9.17) is 5.26 Å². The minimum atomic E-state index is -0.690. The molecule has 0 bridgehead atoms. The Hall–Kier alpha value is -3.73. The number of nitrogens with zero attached hydrogens (tertiary/aromatic N) is 2. The molecule has 1 saturated heterocycles. The zero-order valence-corrected chi connectivity index (χ0v) is 15.4. The summed E-state index contributed by atoms with van der Waals surface area (Å²) in [5, 5.41) is 14.4. The lowest BCUT2D eigenvalue weighted by molar-refractivity contribution is -0.136. The monoisotopic (exact) mass is 392 g/mol. The van der Waals surface area contributed by atoms with Crippen LogP contribution in [0.4, 0.5) is 10.1 Å². The SMILES string of the molecule is N#Cc1cccc(CNc2cccc3c2CN(C2CCC(=O)NC2=O)C3=O)c1F. The molecule has 7 nitrogen and oxygen atoms in total. The molecule has 2 aliphatic heterocycles. The highest BCUT2D eigenvalue weighted by Crippen LogP contribution is 2.32. The maximum absolute atomic E-state index is 14.3. The highest BCUT2D eigenvalue weighted by molar-refractivity contribution is 6.06. The maximum atomic E-state index is 14.3. The van der Waals surface area contributed by atoms with Crippen LogP contribution in [0, 0.1) is 17.1 Å². The van der Waals surface area contributed by atoms with Crippen LogP contribution in [0.25, 0.3) is 0 Å². The molecule has 1 unspecified atom stereocenters. The maximum Gasteiger partial charge on any atom is 0.255 e. The standard InChI is InChI=1S/C21H17FN4O3/c22-19-12(9-23)3-1-4-13(19)10-24-16-6-2-5-14-15(16)11-26(21(14)29)17-7-8-18(27)25-20(17)28/h1-6,17,24H,7-8,10-11H2,(H,25,27,28). The molecule has 29 heavy (non-hydrogen) atoms. The third-order valence-electron chi connectivity index (χ3n) is 5.25. The van der Waals surface area contributed by atoms with Gasteiger partial charge < -0.3 is 10.2 Å². The average Bonchev–Trinajstić information content (AvgIpc) is 3.04. The highest BCUT2D eigenvalue weighted by Gasteiger charge is 2.39. The van der Waals surface area contributed by atoms with Gasteiger partial charge in [-0.3, -0.25) is 19.7 Å². The fraction of sp³-hybridized carbons (Fsp3) is 0.238. The number of nitriles is 1. The first-order chi connectivity index (χ1) is 14.0. The molecule has 8 heteroatoms. The van der Waals surface area contributed by atoms with Gasteiger partial charge in [0.15, 0.2) is 0 Å². The van der Waals surface area contributed by atoms with E-state index in [1.165, 1.54) is 11.0 Å². The topological polar surface area (TPSA) is 102 Å². The number of hydrogen-bond acceptors (Lipinski definition) is 5. The zero-order valence-electron chi connectivity index (χ0n) is 15.4. The summed E-state index contributed by atoms with van der Waals surface area (Å²) in [5.41, 5.74) is 2.17. The van der Waals surface area contributed by atoms with Crippen molar-refractivity contribution in [3.8, 4) is 6.07 Å². The van der Waals surface area contributed by atoms with Gasteiger partial charge in [-0.1, -0.05) is 18.2 Å². The van der Waals surface area contributed by atoms with Gasteiger partial charge in [0.1, 0.15) is 17.9 Å². The Morgan fingerprint density at radius 3 is 2.76 bits per heavy atom. The number of piperidine rings is 1. The van der Waals surface area contributed by atoms with Gasteiger partial charge in [0, 0.05) is 41.9 Å². The summed E-state index contributed by atoms with van der Waals surface area (Å²) >= 11 is 0. The largest absolute Gasteiger partial charge is 0.381 e. The number of rotatable bonds is 4. The number of imide groups is 1. The van der Waals surface area contributed by atoms with Crippen LogP contribution in [0.2, 0.25) is 0 Å². The highest BCUT2D eigenvalue weighted by atomic mass is 19.1. The molecule has 0 radical (unpaired) electrons. The van der Waals surface area contributed by atoms with Crippen LogP contribution in [0.1, 0.15) is 39.9 Å². The fourth-order valence-corrected chi connectivity index (χ4v) is 3.74. The lowest BCUT2D eigenvalue weighted by Gasteiger charge is -2.29. The van der Waals surface area contributed by atoms with Crippen LogP contribution < -0.4 is 10.6 Å². The van der Waals surface area contributed by atoms with Crippen molar-refractivity contribution in [1.29, 1.82) is 5.26 Å². The minimum absolute atomic E-state index is 0.0261. The number of carbonyl (C=O) groups is 3. The quantitative estimate of drug-likeness (QED) is 0.776. The van der Waals surface area contributed by atoms with Crippen LogP contribution in [-0.2, 0) is 22.7 Å². The third-order valence-corrected chi connectivity index (χ3v) is 5.25. The molecule has 2 aromatic rings. The summed E-state index contributed by atoms with van der Waals surface area (Å²) in [6, 6.07) is 10.9. The molecule has 1 atom stereocenters. The smallest absolute Gasteiger partial charge is 0.255 e. The molecule has 4 rings (SSSR count). The first-order valence-electron chi connectivity index (χ1n) is 9.17. The van der Waals surface area contributed by atoms with E-state index in [9.17, 15) is 18.8 Å². The number of carbonyl (C=O) groups excluding carboxylic acids is 3. The Kier molecular flexibility index (Phi) is 4.72. The molecular formula is C21H17FN4O3. The van der Waals surface area contributed by atoms with Gasteiger partial charge in [0.25, 0.3) is 5.91 Å². The predicted molar refractivity (Wildman–Crippen MR) is 101 cm³/mol. The summed E-state index contributed by atoms with van der Waals surface area (Å²) in [4.78, 5) is 37.8. The molecule has 2 N–H and O–H groups in total. The van der Waals surface area contributed by atoms with Gasteiger partial charge in [-0.2, -0.15) is 5.26 Å². The molecular weight excluding hydrogens is 375 g/mol. The van der Waals surface area contributed by atoms with Gasteiger partial charge in [-0.15, -0.1) is 0 Å². The van der Waals surface area contributed by atoms with Crippen LogP contribution in [0.5, 0.6) is 0 Å². The predicted octanol–water partition coefficient (Wildman–Crippen LogP) is 2.07. The number of benzene rings is 2. The van der Waals surface area contributed by atoms with E-state index in [-0.39, 0.29) is 36.9 Å². The molecule has 0 spiro atoms. The average molecular weight is 392 g/mol. The second-order valence-corrected chi connectivity index (χ2v) is 6.98. The Bertz CT molecular complexity index is 1080. The van der Waals surface area contributed by atoms with Crippen LogP contribution in [0.3, 0.4) is 0 Å². The van der Waals surface area contributed by atoms with Crippen molar-refractivity contribution in [2.45, 2.75) is 32.0 Å². The normalized spacial score (nSPS) is 18.3. The second-order valence-electron chi connectivity index (χ2n) is 6.98. The summed E-state index contributed by atoms with van der Waals surface area (Å²) in [5.74, 6) is -1.64. The Balaban J connectivity index is 1.55. The summed E-state index contributed by atoms with van der Waals surface area (Å²) in [7, 11) is 0. The molecule has 2 aromatic carbocycles. The Labute approximate surface area is 166 Å². The van der Waals surface area contributed by atoms with E-state index >= 15 is 0 Å². The molecule has 2 aliphatic rings. The molecule has 2 heterocycles. The second kappa shape index (κ2) is 7.36. The van der Waals surface area contributed by atoms with Gasteiger partial charge in [0.05, 0.1) is 5.56 Å². The number of fused-ring (bicyclic) bond motifs is 1. The van der Waals surface area contributed by atoms with Crippen molar-refractivity contribution in [2.75, 3.05) is 5.32 Å². The summed E-state index contributed by atoms with van der Waals surface area (Å²) in [6.07, 6.45) is 0.482. The molecule has 146 valence electrons. The number of nitrogens with one attached hydrogen (secondary N) is 2. The zero-order chi connectivity index (χ0) is 20.5. The Morgan fingerprint density at radius 2 is 2.00 bits per heavy atom. The Morgan fingerprint density at radius 1 is 1.21 bits per heavy atom. The van der Waals surface area contributed by atoms with Crippen molar-refractivity contribution >= 4 is 23.4 Å². The number of halogens is 1. The van der Waals surface area contributed by atoms with Gasteiger partial charge in [0.2, 0.25) is 11.8 Å². The lowest BCUT2D eigenvalue weighted by atomic mass is 10.0. The van der Waals surface area contributed by atoms with E-state index in [0.29, 0.717) is 23.2 Å². The van der Waals surface area contributed by atoms with E-state index < -0.39 is 17.8 Å². The van der Waals surface area contributed by atoms with E-state index in [2.05, 4.69) is 10.6 Å². The summed E-state index contributed by atoms with van der Waals surface area (Å²) < 4.78 is 14.3. The molecule has 1 fully saturated rings. The number of anilines is 1. The van der Waals surface area contributed by atoms with Crippen molar-refractivity contribution < 1.29 is 18.8 Å². The first-order valence-corrected chi connectivity index (χ1v) is 9.17. The molecule has 0 saturated carbocycles. The minimum Gasteiger partial charge on any atom is -0.381 e. The lowest BCUT2D eigenvalue weighted by Crippen LogP contribution is -2.52. The van der Waals surface area contributed by atoms with Crippen LogP contribution >= 0.6 is 0 Å². The molecule has 3 amide bonds. The first kappa shape index (κ1) is 18.6. The van der Waals surface area contributed by atoms with Gasteiger partial charge >= 0.3 is 0 Å². The van der Waals surface area contributed by atoms with Crippen molar-refractivity contribution in [3.05, 3.63) is 64.5 Å². The third kappa shape index (κ3) is 3.31. The summed E-state index contributed by atoms with van der Waals surface area (Å²) in [6.45, 7) is 0.370. The van der Waals surface area contributed by atoms with E-state index in [1.807, 2.05) is 6.07 Å². The van der Waals surface area contributed by atoms with E-state index in [1.54, 1.807) is 30.3 Å². The van der Waals surface area contributed by atoms with Crippen LogP contribution in [0.15, 0.2) is 36.4 Å². The van der Waals surface area contributed by atoms with Gasteiger partial charge in [-0.05, 0) is 24.6 Å². The number of amides is 3. The van der Waals surface area contributed by atoms with Crippen molar-refractivity contribution in [2.24, 2.45) is 0 Å². The fourth-order valence-electron chi connectivity index (χ4n) is 3.74. The van der Waals surface area contributed by atoms with E-state index in [0.717, 1.165) is 5.56 Å². The van der Waals surface area contributed by atoms with Crippen molar-refractivity contribution in [3.63, 3.8) is 0 Å². The number of hydrogen-bond donors (Lipinski definition) is 2. The van der Waals surface area contributed by atoms with Crippen molar-refractivity contribution in [1.82, 2.24) is 10.2 Å². The van der Waals surface area contributed by atoms with Gasteiger partial charge in [-0.25, -0.2) is 4.39 Å². The molecule has 0 aromatic heterocycles. The molecule has 0 aliphatic carbocycles. The van der Waals surface area contributed by atoms with Crippen LogP contribution in [-0.4, -0.2) is 28.7 Å².